The molecular weight excluding hydrogens is 849 g/mol. The maximum Gasteiger partial charge on any atom is 0.159 e. The van der Waals surface area contributed by atoms with Crippen LogP contribution in [0.15, 0.2) is 259 Å². The number of rotatable bonds is 6. The average molecular weight is 891 g/mol. The molecule has 1 unspecified atom stereocenters. The molecule has 0 bridgehead atoms. The number of para-hydroxylation sites is 4. The molecule has 2 heterocycles. The zero-order chi connectivity index (χ0) is 45.9. The molecule has 13 aromatic rings. The van der Waals surface area contributed by atoms with E-state index in [1.54, 1.807) is 0 Å². The van der Waals surface area contributed by atoms with Gasteiger partial charge >= 0.3 is 0 Å². The number of aromatic nitrogens is 1. The van der Waals surface area contributed by atoms with Gasteiger partial charge in [-0.1, -0.05) is 200 Å². The Hall–Kier alpha value is -9.18. The Bertz CT molecular complexity index is 4220. The largest absolute Gasteiger partial charge is 0.453 e. The second-order valence-electron chi connectivity index (χ2n) is 18.7. The second-order valence-corrected chi connectivity index (χ2v) is 18.7. The summed E-state index contributed by atoms with van der Waals surface area (Å²) in [7, 11) is 0. The Kier molecular flexibility index (Phi) is 8.28. The lowest BCUT2D eigenvalue weighted by molar-refractivity contribution is 0.670. The molecule has 3 heteroatoms. The summed E-state index contributed by atoms with van der Waals surface area (Å²) in [6, 6.07) is 93.3. The van der Waals surface area contributed by atoms with E-state index < -0.39 is 5.41 Å². The number of benzene rings is 11. The first-order chi connectivity index (χ1) is 34.8. The lowest BCUT2D eigenvalue weighted by Crippen LogP contribution is -2.26. The minimum absolute atomic E-state index is 0.587. The van der Waals surface area contributed by atoms with Crippen molar-refractivity contribution in [3.63, 3.8) is 0 Å². The van der Waals surface area contributed by atoms with Crippen molar-refractivity contribution < 1.29 is 4.42 Å². The Labute approximate surface area is 405 Å². The number of furan rings is 1. The molecule has 0 fully saturated rings. The fourth-order valence-corrected chi connectivity index (χ4v) is 12.4. The van der Waals surface area contributed by atoms with Crippen LogP contribution in [0.2, 0.25) is 0 Å². The van der Waals surface area contributed by atoms with Crippen molar-refractivity contribution in [2.45, 2.75) is 5.41 Å². The molecule has 15 rings (SSSR count). The standard InChI is InChI=1S/C67H42N2O/c1-4-18-43(19-5-1)44-34-36-47(37-35-44)68(62-33-17-29-53-52-28-16-27-49(65(52)70-66(53)62)45-20-6-2-7-21-45)48-38-39-51-50-24-10-13-30-56(50)67(59(51)42-48)57-31-14-11-25-54(57)63-58(67)40-41-61-64(63)55-26-12-15-32-60(55)69(61)46-22-8-3-9-23-46/h1-42H. The third kappa shape index (κ3) is 5.34. The van der Waals surface area contributed by atoms with E-state index in [4.69, 9.17) is 4.42 Å². The van der Waals surface area contributed by atoms with Crippen molar-refractivity contribution in [2.24, 2.45) is 0 Å². The predicted octanol–water partition coefficient (Wildman–Crippen LogP) is 17.8. The summed E-state index contributed by atoms with van der Waals surface area (Å²) >= 11 is 0. The van der Waals surface area contributed by atoms with Gasteiger partial charge in [-0.2, -0.15) is 0 Å². The molecule has 0 amide bonds. The molecule has 0 N–H and O–H groups in total. The summed E-state index contributed by atoms with van der Waals surface area (Å²) in [6.07, 6.45) is 0. The third-order valence-corrected chi connectivity index (χ3v) is 15.2. The molecule has 3 nitrogen and oxygen atoms in total. The Morgan fingerprint density at radius 3 is 1.70 bits per heavy atom. The molecule has 0 saturated carbocycles. The Morgan fingerprint density at radius 1 is 0.343 bits per heavy atom. The third-order valence-electron chi connectivity index (χ3n) is 15.2. The summed E-state index contributed by atoms with van der Waals surface area (Å²) < 4.78 is 9.62. The topological polar surface area (TPSA) is 21.3 Å². The van der Waals surface area contributed by atoms with Gasteiger partial charge in [0.1, 0.15) is 5.58 Å². The van der Waals surface area contributed by atoms with E-state index in [0.717, 1.165) is 55.8 Å². The highest BCUT2D eigenvalue weighted by Crippen LogP contribution is 2.65. The number of hydrogen-bond donors (Lipinski definition) is 0. The van der Waals surface area contributed by atoms with E-state index in [1.807, 2.05) is 0 Å². The van der Waals surface area contributed by atoms with Crippen LogP contribution in [0, 0.1) is 0 Å². The number of fused-ring (bicyclic) bond motifs is 17. The van der Waals surface area contributed by atoms with Gasteiger partial charge in [-0.3, -0.25) is 0 Å². The first-order valence-corrected chi connectivity index (χ1v) is 24.2. The molecule has 0 aliphatic heterocycles. The van der Waals surface area contributed by atoms with Crippen molar-refractivity contribution in [2.75, 3.05) is 4.90 Å². The number of nitrogens with zero attached hydrogens (tertiary/aromatic N) is 2. The highest BCUT2D eigenvalue weighted by molar-refractivity contribution is 6.19. The first-order valence-electron chi connectivity index (χ1n) is 24.2. The number of anilines is 3. The van der Waals surface area contributed by atoms with Crippen LogP contribution in [0.25, 0.3) is 93.9 Å². The summed E-state index contributed by atoms with van der Waals surface area (Å²) in [5.74, 6) is 0. The van der Waals surface area contributed by atoms with E-state index in [1.165, 1.54) is 77.4 Å². The molecule has 2 aromatic heterocycles. The fraction of sp³-hybridized carbons (Fsp3) is 0.0149. The first kappa shape index (κ1) is 38.9. The highest BCUT2D eigenvalue weighted by atomic mass is 16.3. The maximum absolute atomic E-state index is 7.18. The van der Waals surface area contributed by atoms with Gasteiger partial charge < -0.3 is 13.9 Å². The van der Waals surface area contributed by atoms with E-state index >= 15 is 0 Å². The minimum atomic E-state index is -0.587. The van der Waals surface area contributed by atoms with Gasteiger partial charge in [-0.25, -0.2) is 0 Å². The predicted molar refractivity (Wildman–Crippen MR) is 290 cm³/mol. The zero-order valence-corrected chi connectivity index (χ0v) is 38.1. The highest BCUT2D eigenvalue weighted by Gasteiger charge is 2.52. The van der Waals surface area contributed by atoms with Gasteiger partial charge in [0.15, 0.2) is 5.58 Å². The van der Waals surface area contributed by atoms with Crippen molar-refractivity contribution in [3.8, 4) is 50.2 Å². The molecule has 11 aromatic carbocycles. The maximum atomic E-state index is 7.18. The quantitative estimate of drug-likeness (QED) is 0.166. The monoisotopic (exact) mass is 890 g/mol. The van der Waals surface area contributed by atoms with Crippen LogP contribution < -0.4 is 4.90 Å². The molecule has 0 radical (unpaired) electrons. The average Bonchev–Trinajstić information content (AvgIpc) is 4.16. The van der Waals surface area contributed by atoms with Crippen LogP contribution in [0.3, 0.4) is 0 Å². The zero-order valence-electron chi connectivity index (χ0n) is 38.1. The normalized spacial score (nSPS) is 14.3. The molecular formula is C67H42N2O. The van der Waals surface area contributed by atoms with E-state index in [2.05, 4.69) is 264 Å². The lowest BCUT2D eigenvalue weighted by atomic mass is 9.70. The Balaban J connectivity index is 1.00. The van der Waals surface area contributed by atoms with Crippen molar-refractivity contribution >= 4 is 60.8 Å². The van der Waals surface area contributed by atoms with Crippen molar-refractivity contribution in [1.82, 2.24) is 4.57 Å². The summed E-state index contributed by atoms with van der Waals surface area (Å²) in [5.41, 5.74) is 22.7. The minimum Gasteiger partial charge on any atom is -0.453 e. The number of hydrogen-bond acceptors (Lipinski definition) is 2. The lowest BCUT2D eigenvalue weighted by Gasteiger charge is -2.32. The molecule has 1 atom stereocenters. The van der Waals surface area contributed by atoms with Crippen molar-refractivity contribution in [3.05, 3.63) is 277 Å². The van der Waals surface area contributed by atoms with E-state index in [-0.39, 0.29) is 0 Å². The second kappa shape index (κ2) is 14.9. The molecule has 2 aliphatic carbocycles. The van der Waals surface area contributed by atoms with Crippen LogP contribution in [0.1, 0.15) is 22.3 Å². The van der Waals surface area contributed by atoms with Crippen LogP contribution in [-0.4, -0.2) is 4.57 Å². The molecule has 0 saturated heterocycles. The summed E-state index contributed by atoms with van der Waals surface area (Å²) in [4.78, 5) is 2.41. The van der Waals surface area contributed by atoms with Gasteiger partial charge in [-0.15, -0.1) is 0 Å². The van der Waals surface area contributed by atoms with Gasteiger partial charge in [0.25, 0.3) is 0 Å². The van der Waals surface area contributed by atoms with Gasteiger partial charge in [-0.05, 0) is 116 Å². The fourth-order valence-electron chi connectivity index (χ4n) is 12.4. The van der Waals surface area contributed by atoms with Crippen LogP contribution in [0.5, 0.6) is 0 Å². The summed E-state index contributed by atoms with van der Waals surface area (Å²) in [6.45, 7) is 0. The molecule has 2 aliphatic rings. The molecule has 326 valence electrons. The van der Waals surface area contributed by atoms with Crippen LogP contribution in [-0.2, 0) is 5.41 Å². The van der Waals surface area contributed by atoms with Gasteiger partial charge in [0, 0.05) is 44.2 Å². The van der Waals surface area contributed by atoms with E-state index in [9.17, 15) is 0 Å². The SMILES string of the molecule is c1ccc(-c2ccc(N(c3ccc4c(c3)C3(c5ccccc5-4)c4ccccc4-c4c3ccc3c4c4ccccc4n3-c3ccccc3)c3cccc4c3oc3c(-c5ccccc5)cccc34)cc2)cc1. The smallest absolute Gasteiger partial charge is 0.159 e. The van der Waals surface area contributed by atoms with Gasteiger partial charge in [0.2, 0.25) is 0 Å². The van der Waals surface area contributed by atoms with Gasteiger partial charge in [0.05, 0.1) is 22.1 Å². The van der Waals surface area contributed by atoms with Crippen molar-refractivity contribution in [1.29, 1.82) is 0 Å². The molecule has 70 heavy (non-hydrogen) atoms. The van der Waals surface area contributed by atoms with Crippen LogP contribution in [0.4, 0.5) is 17.1 Å². The molecule has 1 spiro atoms. The van der Waals surface area contributed by atoms with E-state index in [0.29, 0.717) is 0 Å². The Morgan fingerprint density at radius 2 is 0.914 bits per heavy atom. The summed E-state index contributed by atoms with van der Waals surface area (Å²) in [5, 5.41) is 4.72. The van der Waals surface area contributed by atoms with Crippen LogP contribution >= 0.6 is 0 Å².